The molecule has 0 saturated carbocycles. The molecule has 1 atom stereocenters. The maximum absolute atomic E-state index is 10.3. The number of rotatable bonds is 6. The zero-order chi connectivity index (χ0) is 24.3. The van der Waals surface area contributed by atoms with Crippen molar-refractivity contribution in [1.29, 1.82) is 0 Å². The van der Waals surface area contributed by atoms with E-state index in [1.54, 1.807) is 27.3 Å². The molecule has 0 aliphatic heterocycles. The summed E-state index contributed by atoms with van der Waals surface area (Å²) in [4.78, 5) is 0. The number of aromatic nitrogens is 8. The second-order valence-electron chi connectivity index (χ2n) is 7.22. The first-order valence-corrected chi connectivity index (χ1v) is 13.0. The first kappa shape index (κ1) is 26.4. The molecule has 0 aromatic carbocycles. The van der Waals surface area contributed by atoms with Crippen LogP contribution in [0.3, 0.4) is 0 Å². The number of aliphatic hydroxyl groups excluding tert-OH is 1. The van der Waals surface area contributed by atoms with Crippen molar-refractivity contribution in [2.24, 2.45) is 14.1 Å². The Bertz CT molecular complexity index is 1230. The van der Waals surface area contributed by atoms with E-state index >= 15 is 0 Å². The zero-order valence-electron chi connectivity index (χ0n) is 18.5. The standard InChI is InChI=1S/C10H12ClIN4O.C10H12ClIN4/c1-3-16-5-6(4-13-16)8(17)7-9(11)15(2)14-10(7)12;1-3-16-6-7(5-13-16)4-8-9(11)15(2)14-10(8)12/h4-5,8,17H,3H2,1-2H3;5-6H,3-4H2,1-2H3. The van der Waals surface area contributed by atoms with Crippen LogP contribution in [0.15, 0.2) is 24.8 Å². The molecule has 1 N–H and O–H groups in total. The maximum atomic E-state index is 10.3. The van der Waals surface area contributed by atoms with Crippen LogP contribution in [0.2, 0.25) is 10.3 Å². The summed E-state index contributed by atoms with van der Waals surface area (Å²) in [6.07, 6.45) is 7.37. The molecule has 0 bridgehead atoms. The Morgan fingerprint density at radius 1 is 0.909 bits per heavy atom. The minimum Gasteiger partial charge on any atom is -0.383 e. The Morgan fingerprint density at radius 2 is 1.48 bits per heavy atom. The Kier molecular flexibility index (Phi) is 9.23. The Hall–Kier alpha value is -1.16. The number of hydrogen-bond donors (Lipinski definition) is 1. The van der Waals surface area contributed by atoms with E-state index in [-0.39, 0.29) is 0 Å². The van der Waals surface area contributed by atoms with Crippen molar-refractivity contribution < 1.29 is 5.11 Å². The van der Waals surface area contributed by atoms with Crippen LogP contribution >= 0.6 is 68.4 Å². The molecule has 0 spiro atoms. The zero-order valence-corrected chi connectivity index (χ0v) is 24.4. The monoisotopic (exact) mass is 716 g/mol. The molecule has 0 aliphatic rings. The van der Waals surface area contributed by atoms with Gasteiger partial charge in [-0.15, -0.1) is 0 Å². The summed E-state index contributed by atoms with van der Waals surface area (Å²) < 4.78 is 8.57. The molecule has 4 heterocycles. The average Bonchev–Trinajstić information content (AvgIpc) is 3.54. The third kappa shape index (κ3) is 6.10. The molecule has 0 aliphatic carbocycles. The van der Waals surface area contributed by atoms with Gasteiger partial charge in [-0.3, -0.25) is 18.7 Å². The van der Waals surface area contributed by atoms with Gasteiger partial charge in [-0.2, -0.15) is 20.4 Å². The van der Waals surface area contributed by atoms with Crippen LogP contribution < -0.4 is 0 Å². The van der Waals surface area contributed by atoms with Gasteiger partial charge >= 0.3 is 0 Å². The quantitative estimate of drug-likeness (QED) is 0.298. The van der Waals surface area contributed by atoms with E-state index in [2.05, 4.69) is 72.5 Å². The SMILES string of the molecule is CCn1cc(C(O)c2c(I)nn(C)c2Cl)cn1.CCn1cc(Cc2c(I)nn(C)c2Cl)cn1. The van der Waals surface area contributed by atoms with Gasteiger partial charge in [-0.05, 0) is 64.6 Å². The molecule has 4 rings (SSSR count). The van der Waals surface area contributed by atoms with Crippen LogP contribution in [0.25, 0.3) is 0 Å². The molecule has 0 amide bonds. The molecule has 4 aromatic heterocycles. The fourth-order valence-corrected chi connectivity index (χ4v) is 5.50. The van der Waals surface area contributed by atoms with Gasteiger partial charge in [-0.25, -0.2) is 0 Å². The molecule has 1 unspecified atom stereocenters. The molecular weight excluding hydrogens is 693 g/mol. The second-order valence-corrected chi connectivity index (χ2v) is 9.98. The fourth-order valence-electron chi connectivity index (χ4n) is 3.11. The van der Waals surface area contributed by atoms with Gasteiger partial charge in [0.05, 0.1) is 18.0 Å². The number of aliphatic hydroxyl groups is 1. The molecule has 0 saturated heterocycles. The first-order valence-electron chi connectivity index (χ1n) is 10.1. The van der Waals surface area contributed by atoms with Crippen LogP contribution in [-0.2, 0) is 33.6 Å². The van der Waals surface area contributed by atoms with Crippen LogP contribution in [0.5, 0.6) is 0 Å². The van der Waals surface area contributed by atoms with Crippen molar-refractivity contribution in [3.63, 3.8) is 0 Å². The van der Waals surface area contributed by atoms with Gasteiger partial charge in [0, 0.05) is 57.1 Å². The van der Waals surface area contributed by atoms with E-state index in [1.165, 1.54) is 0 Å². The smallest absolute Gasteiger partial charge is 0.133 e. The molecule has 13 heteroatoms. The lowest BCUT2D eigenvalue weighted by Gasteiger charge is -2.07. The minimum absolute atomic E-state index is 0.450. The Labute approximate surface area is 229 Å². The molecule has 0 radical (unpaired) electrons. The largest absolute Gasteiger partial charge is 0.383 e. The maximum Gasteiger partial charge on any atom is 0.133 e. The highest BCUT2D eigenvalue weighted by Gasteiger charge is 2.23. The molecular formula is C20H24Cl2I2N8O. The van der Waals surface area contributed by atoms with Crippen molar-refractivity contribution in [2.45, 2.75) is 39.5 Å². The lowest BCUT2D eigenvalue weighted by molar-refractivity contribution is 0.219. The summed E-state index contributed by atoms with van der Waals surface area (Å²) in [6, 6.07) is 0. The van der Waals surface area contributed by atoms with Gasteiger partial charge in [0.15, 0.2) is 0 Å². The van der Waals surface area contributed by atoms with Gasteiger partial charge in [0.2, 0.25) is 0 Å². The summed E-state index contributed by atoms with van der Waals surface area (Å²) in [5.41, 5.74) is 3.58. The van der Waals surface area contributed by atoms with Crippen molar-refractivity contribution >= 4 is 68.4 Å². The van der Waals surface area contributed by atoms with Crippen LogP contribution in [0.4, 0.5) is 0 Å². The summed E-state index contributed by atoms with van der Waals surface area (Å²) in [5, 5.41) is 28.3. The van der Waals surface area contributed by atoms with Gasteiger partial charge in [0.25, 0.3) is 0 Å². The van der Waals surface area contributed by atoms with Crippen LogP contribution in [0.1, 0.15) is 42.2 Å². The lowest BCUT2D eigenvalue weighted by atomic mass is 10.1. The third-order valence-corrected chi connectivity index (χ3v) is 7.53. The number of halogens is 4. The van der Waals surface area contributed by atoms with Gasteiger partial charge in [0.1, 0.15) is 23.8 Å². The summed E-state index contributed by atoms with van der Waals surface area (Å²) in [7, 11) is 3.60. The third-order valence-electron chi connectivity index (χ3n) is 4.94. The Balaban J connectivity index is 0.000000186. The van der Waals surface area contributed by atoms with E-state index < -0.39 is 6.10 Å². The highest BCUT2D eigenvalue weighted by Crippen LogP contribution is 2.31. The van der Waals surface area contributed by atoms with Crippen molar-refractivity contribution in [1.82, 2.24) is 39.1 Å². The van der Waals surface area contributed by atoms with Crippen molar-refractivity contribution in [2.75, 3.05) is 0 Å². The molecule has 33 heavy (non-hydrogen) atoms. The van der Waals surface area contributed by atoms with Crippen molar-refractivity contribution in [3.05, 3.63) is 64.7 Å². The minimum atomic E-state index is -0.789. The highest BCUT2D eigenvalue weighted by molar-refractivity contribution is 14.1. The van der Waals surface area contributed by atoms with E-state index in [1.807, 2.05) is 37.2 Å². The normalized spacial score (nSPS) is 12.0. The van der Waals surface area contributed by atoms with E-state index in [4.69, 9.17) is 23.2 Å². The van der Waals surface area contributed by atoms with Crippen LogP contribution in [-0.4, -0.2) is 44.2 Å². The van der Waals surface area contributed by atoms with Crippen LogP contribution in [0, 0.1) is 7.40 Å². The first-order chi connectivity index (χ1) is 15.7. The van der Waals surface area contributed by atoms with Gasteiger partial charge in [-0.1, -0.05) is 23.2 Å². The van der Waals surface area contributed by atoms with E-state index in [9.17, 15) is 5.11 Å². The highest BCUT2D eigenvalue weighted by atomic mass is 127. The summed E-state index contributed by atoms with van der Waals surface area (Å²) >= 11 is 16.5. The molecule has 0 fully saturated rings. The summed E-state index contributed by atoms with van der Waals surface area (Å²) in [5.74, 6) is 0. The summed E-state index contributed by atoms with van der Waals surface area (Å²) in [6.45, 7) is 5.71. The van der Waals surface area contributed by atoms with E-state index in [0.717, 1.165) is 39.9 Å². The number of hydrogen-bond acceptors (Lipinski definition) is 5. The predicted octanol–water partition coefficient (Wildman–Crippen LogP) is 4.46. The lowest BCUT2D eigenvalue weighted by Crippen LogP contribution is -2.00. The predicted molar refractivity (Wildman–Crippen MR) is 145 cm³/mol. The fraction of sp³-hybridized carbons (Fsp3) is 0.400. The molecule has 4 aromatic rings. The molecule has 9 nitrogen and oxygen atoms in total. The molecule has 178 valence electrons. The Morgan fingerprint density at radius 3 is 1.97 bits per heavy atom. The average molecular weight is 717 g/mol. The topological polar surface area (TPSA) is 91.5 Å². The van der Waals surface area contributed by atoms with E-state index in [0.29, 0.717) is 19.6 Å². The van der Waals surface area contributed by atoms with Crippen molar-refractivity contribution in [3.8, 4) is 0 Å². The number of nitrogens with zero attached hydrogens (tertiary/aromatic N) is 8. The van der Waals surface area contributed by atoms with Gasteiger partial charge < -0.3 is 5.11 Å². The second kappa shape index (κ2) is 11.5. The number of aryl methyl sites for hydroxylation is 4.